The minimum absolute atomic E-state index is 0.0745. The van der Waals surface area contributed by atoms with Crippen LogP contribution in [0.3, 0.4) is 0 Å². The molecular formula is C8H14N2P4. The van der Waals surface area contributed by atoms with E-state index in [0.29, 0.717) is 5.92 Å². The maximum atomic E-state index is 4.39. The summed E-state index contributed by atoms with van der Waals surface area (Å²) in [7, 11) is 6.96. The van der Waals surface area contributed by atoms with Gasteiger partial charge in [0, 0.05) is 12.1 Å². The van der Waals surface area contributed by atoms with Gasteiger partial charge >= 0.3 is 0 Å². The maximum Gasteiger partial charge on any atom is 0.115 e. The fraction of sp³-hybridized carbons (Fsp3) is 0.500. The summed E-state index contributed by atoms with van der Waals surface area (Å²) < 4.78 is 0. The normalized spacial score (nSPS) is 28.2. The molecule has 0 radical (unpaired) electrons. The Morgan fingerprint density at radius 3 is 3.07 bits per heavy atom. The van der Waals surface area contributed by atoms with Gasteiger partial charge in [0.15, 0.2) is 0 Å². The van der Waals surface area contributed by atoms with Gasteiger partial charge in [0.2, 0.25) is 0 Å². The Labute approximate surface area is 92.1 Å². The lowest BCUT2D eigenvalue weighted by atomic mass is 10.1. The number of rotatable bonds is 2. The van der Waals surface area contributed by atoms with E-state index in [1.807, 2.05) is 6.20 Å². The number of nitrogens with zero attached hydrogens (tertiary/aromatic N) is 2. The van der Waals surface area contributed by atoms with Crippen molar-refractivity contribution >= 4 is 33.1 Å². The van der Waals surface area contributed by atoms with Gasteiger partial charge in [-0.05, 0) is 17.6 Å². The van der Waals surface area contributed by atoms with Crippen molar-refractivity contribution < 1.29 is 0 Å². The van der Waals surface area contributed by atoms with Gasteiger partial charge in [0.1, 0.15) is 6.33 Å². The molecule has 0 saturated carbocycles. The molecule has 1 aliphatic carbocycles. The Balaban J connectivity index is 2.25. The van der Waals surface area contributed by atoms with Gasteiger partial charge in [-0.15, -0.1) is 17.9 Å². The van der Waals surface area contributed by atoms with Crippen LogP contribution in [0.15, 0.2) is 12.5 Å². The zero-order chi connectivity index (χ0) is 10.1. The van der Waals surface area contributed by atoms with E-state index in [4.69, 9.17) is 0 Å². The average Bonchev–Trinajstić information content (AvgIpc) is 2.56. The number of hydrogen-bond donors (Lipinski definition) is 0. The fourth-order valence-electron chi connectivity index (χ4n) is 1.95. The molecule has 0 aromatic carbocycles. The zero-order valence-electron chi connectivity index (χ0n) is 8.01. The monoisotopic (exact) mass is 262 g/mol. The molecule has 0 aliphatic heterocycles. The maximum absolute atomic E-state index is 4.39. The second-order valence-corrected chi connectivity index (χ2v) is 13.1. The first-order chi connectivity index (χ1) is 6.74. The van der Waals surface area contributed by atoms with Crippen LogP contribution in [0.25, 0.3) is 0 Å². The van der Waals surface area contributed by atoms with Gasteiger partial charge in [-0.1, -0.05) is 22.2 Å². The van der Waals surface area contributed by atoms with Crippen molar-refractivity contribution in [3.05, 3.63) is 23.8 Å². The lowest BCUT2D eigenvalue weighted by Gasteiger charge is -2.21. The van der Waals surface area contributed by atoms with E-state index in [-0.39, 0.29) is 7.30 Å². The molecule has 0 amide bonds. The van der Waals surface area contributed by atoms with Gasteiger partial charge in [-0.25, -0.2) is 9.97 Å². The van der Waals surface area contributed by atoms with E-state index < -0.39 is 0 Å². The van der Waals surface area contributed by atoms with Crippen molar-refractivity contribution in [3.63, 3.8) is 0 Å². The van der Waals surface area contributed by atoms with Crippen LogP contribution in [0.2, 0.25) is 0 Å². The summed E-state index contributed by atoms with van der Waals surface area (Å²) in [5.74, 6) is 0.615. The van der Waals surface area contributed by atoms with Crippen LogP contribution in [0.1, 0.15) is 24.1 Å². The van der Waals surface area contributed by atoms with Gasteiger partial charge in [0.05, 0.1) is 5.69 Å². The van der Waals surface area contributed by atoms with Crippen molar-refractivity contribution in [1.82, 2.24) is 9.97 Å². The molecule has 2 rings (SSSR count). The Bertz CT molecular complexity index is 333. The molecule has 1 heterocycles. The molecule has 1 aromatic heterocycles. The lowest BCUT2D eigenvalue weighted by Crippen LogP contribution is -2.05. The van der Waals surface area contributed by atoms with Crippen LogP contribution < -0.4 is 0 Å². The molecule has 76 valence electrons. The van der Waals surface area contributed by atoms with Crippen molar-refractivity contribution in [2.75, 3.05) is 0 Å². The Hall–Kier alpha value is 0.800. The topological polar surface area (TPSA) is 25.8 Å². The van der Waals surface area contributed by atoms with Gasteiger partial charge in [-0.2, -0.15) is 0 Å². The van der Waals surface area contributed by atoms with E-state index >= 15 is 0 Å². The third kappa shape index (κ3) is 2.01. The molecule has 2 nitrogen and oxygen atoms in total. The summed E-state index contributed by atoms with van der Waals surface area (Å²) in [6, 6.07) is 0. The van der Waals surface area contributed by atoms with Crippen molar-refractivity contribution in [2.45, 2.75) is 24.9 Å². The minimum atomic E-state index is 0.0745. The highest BCUT2D eigenvalue weighted by atomic mass is 32.6. The highest BCUT2D eigenvalue weighted by Crippen LogP contribution is 2.72. The zero-order valence-corrected chi connectivity index (χ0v) is 12.2. The van der Waals surface area contributed by atoms with E-state index in [0.717, 1.165) is 13.6 Å². The summed E-state index contributed by atoms with van der Waals surface area (Å²) >= 11 is 0. The number of hydrogen-bond acceptors (Lipinski definition) is 2. The summed E-state index contributed by atoms with van der Waals surface area (Å²) in [6.45, 7) is 2.30. The molecule has 6 atom stereocenters. The Kier molecular flexibility index (Phi) is 3.84. The highest BCUT2D eigenvalue weighted by molar-refractivity contribution is 8.61. The third-order valence-electron chi connectivity index (χ3n) is 2.77. The fourth-order valence-corrected chi connectivity index (χ4v) is 7.50. The Morgan fingerprint density at radius 1 is 1.64 bits per heavy atom. The van der Waals surface area contributed by atoms with Gasteiger partial charge < -0.3 is 0 Å². The molecule has 14 heavy (non-hydrogen) atoms. The predicted octanol–water partition coefficient (Wildman–Crippen LogP) is 3.16. The average molecular weight is 262 g/mol. The first kappa shape index (κ1) is 11.3. The predicted molar refractivity (Wildman–Crippen MR) is 72.6 cm³/mol. The molecule has 6 heteroatoms. The summed E-state index contributed by atoms with van der Waals surface area (Å²) in [5, 5.41) is 0. The van der Waals surface area contributed by atoms with E-state index in [1.54, 1.807) is 6.33 Å². The van der Waals surface area contributed by atoms with Gasteiger partial charge in [0.25, 0.3) is 0 Å². The van der Waals surface area contributed by atoms with Crippen molar-refractivity contribution in [2.24, 2.45) is 0 Å². The Morgan fingerprint density at radius 2 is 2.43 bits per heavy atom. The van der Waals surface area contributed by atoms with Crippen LogP contribution in [-0.4, -0.2) is 15.6 Å². The third-order valence-corrected chi connectivity index (χ3v) is 14.2. The number of fused-ring (bicyclic) bond motifs is 1. The molecule has 0 fully saturated rings. The largest absolute Gasteiger partial charge is 0.245 e. The van der Waals surface area contributed by atoms with Crippen LogP contribution >= 0.6 is 33.1 Å². The molecular weight excluding hydrogens is 248 g/mol. The number of aromatic nitrogens is 2. The first-order valence-corrected chi connectivity index (χ1v) is 11.2. The molecule has 4 unspecified atom stereocenters. The highest BCUT2D eigenvalue weighted by Gasteiger charge is 2.33. The molecule has 1 aromatic rings. The second-order valence-electron chi connectivity index (χ2n) is 3.53. The molecule has 0 spiro atoms. The SMILES string of the molecule is C[C@H]1c2ncncc2C[C@H]1P(P)PP. The second kappa shape index (κ2) is 4.76. The van der Waals surface area contributed by atoms with Crippen LogP contribution in [-0.2, 0) is 6.42 Å². The van der Waals surface area contributed by atoms with Gasteiger partial charge in [-0.3, -0.25) is 0 Å². The minimum Gasteiger partial charge on any atom is -0.245 e. The van der Waals surface area contributed by atoms with E-state index in [9.17, 15) is 0 Å². The van der Waals surface area contributed by atoms with Crippen molar-refractivity contribution in [1.29, 1.82) is 0 Å². The summed E-state index contributed by atoms with van der Waals surface area (Å²) in [5.41, 5.74) is 3.43. The molecule has 1 aliphatic rings. The molecule has 0 bridgehead atoms. The van der Waals surface area contributed by atoms with Crippen LogP contribution in [0.4, 0.5) is 0 Å². The quantitative estimate of drug-likeness (QED) is 0.765. The molecule has 0 saturated heterocycles. The lowest BCUT2D eigenvalue weighted by molar-refractivity contribution is 0.746. The molecule has 0 N–H and O–H groups in total. The van der Waals surface area contributed by atoms with Crippen LogP contribution in [0.5, 0.6) is 0 Å². The first-order valence-electron chi connectivity index (χ1n) is 4.53. The standard InChI is InChI=1S/C8H14N2P4/c1-5-7(14(12)13-11)2-6-3-9-4-10-8(5)6/h3-5,7,13H,2,11-12H2,1H3/t5-,7-,14?/m1/s1. The van der Waals surface area contributed by atoms with Crippen molar-refractivity contribution in [3.8, 4) is 0 Å². The summed E-state index contributed by atoms with van der Waals surface area (Å²) in [6.07, 6.45) is 4.83. The van der Waals surface area contributed by atoms with E-state index in [2.05, 4.69) is 34.7 Å². The summed E-state index contributed by atoms with van der Waals surface area (Å²) in [4.78, 5) is 8.49. The van der Waals surface area contributed by atoms with Crippen LogP contribution in [0, 0.1) is 0 Å². The smallest absolute Gasteiger partial charge is 0.115 e. The van der Waals surface area contributed by atoms with E-state index in [1.165, 1.54) is 17.7 Å².